The average molecular weight is 194 g/mol. The minimum Gasteiger partial charge on any atom is -0.390 e. The van der Waals surface area contributed by atoms with Gasteiger partial charge >= 0.3 is 0 Å². The zero-order valence-corrected chi connectivity index (χ0v) is 9.20. The summed E-state index contributed by atoms with van der Waals surface area (Å²) in [5.74, 6) is 0. The molecule has 0 saturated heterocycles. The summed E-state index contributed by atoms with van der Waals surface area (Å²) < 4.78 is 0. The van der Waals surface area contributed by atoms with Gasteiger partial charge in [0.2, 0.25) is 0 Å². The van der Waals surface area contributed by atoms with Crippen molar-refractivity contribution in [2.24, 2.45) is 0 Å². The second-order valence-corrected chi connectivity index (χ2v) is 4.00. The first-order valence-electron chi connectivity index (χ1n) is 4.87. The molecule has 1 aromatic carbocycles. The Morgan fingerprint density at radius 2 is 1.43 bits per heavy atom. The Hall–Kier alpha value is -0.860. The fraction of sp³-hybridized carbons (Fsp3) is 0.500. The Bertz CT molecular complexity index is 306. The maximum Gasteiger partial charge on any atom is 0.105 e. The van der Waals surface area contributed by atoms with E-state index < -0.39 is 12.2 Å². The van der Waals surface area contributed by atoms with Crippen molar-refractivity contribution >= 4 is 0 Å². The molecule has 0 heterocycles. The molecule has 14 heavy (non-hydrogen) atoms. The van der Waals surface area contributed by atoms with Gasteiger partial charge in [0.1, 0.15) is 6.10 Å². The van der Waals surface area contributed by atoms with Crippen molar-refractivity contribution in [3.63, 3.8) is 0 Å². The predicted molar refractivity (Wildman–Crippen MR) is 57.3 cm³/mol. The molecule has 0 aliphatic carbocycles. The fourth-order valence-corrected chi connectivity index (χ4v) is 1.90. The van der Waals surface area contributed by atoms with Gasteiger partial charge in [-0.2, -0.15) is 0 Å². The third kappa shape index (κ3) is 2.14. The Morgan fingerprint density at radius 3 is 1.79 bits per heavy atom. The number of hydrogen-bond acceptors (Lipinski definition) is 2. The summed E-state index contributed by atoms with van der Waals surface area (Å²) in [4.78, 5) is 0. The first-order valence-corrected chi connectivity index (χ1v) is 4.87. The van der Waals surface area contributed by atoms with E-state index in [1.165, 1.54) is 5.56 Å². The van der Waals surface area contributed by atoms with Gasteiger partial charge in [0, 0.05) is 0 Å². The molecule has 0 saturated carbocycles. The highest BCUT2D eigenvalue weighted by molar-refractivity contribution is 5.39. The number of rotatable bonds is 2. The average Bonchev–Trinajstić information content (AvgIpc) is 2.01. The van der Waals surface area contributed by atoms with E-state index in [1.807, 2.05) is 32.9 Å². The van der Waals surface area contributed by atoms with Gasteiger partial charge in [-0.15, -0.1) is 0 Å². The number of aliphatic hydroxyl groups is 2. The van der Waals surface area contributed by atoms with Crippen LogP contribution in [0.5, 0.6) is 0 Å². The van der Waals surface area contributed by atoms with E-state index in [-0.39, 0.29) is 0 Å². The van der Waals surface area contributed by atoms with Crippen LogP contribution in [0.15, 0.2) is 12.1 Å². The minimum absolute atomic E-state index is 0.727. The Kier molecular flexibility index (Phi) is 3.29. The molecule has 2 N–H and O–H groups in total. The summed E-state index contributed by atoms with van der Waals surface area (Å²) in [6, 6.07) is 4.04. The molecule has 1 rings (SSSR count). The standard InChI is InChI=1S/C12H18O2/c1-7-5-8(2)11(9(3)6-7)12(14)10(4)13/h5-6,10,12-14H,1-4H3. The maximum atomic E-state index is 9.80. The highest BCUT2D eigenvalue weighted by Gasteiger charge is 2.17. The lowest BCUT2D eigenvalue weighted by Crippen LogP contribution is -2.16. The Morgan fingerprint density at radius 1 is 1.00 bits per heavy atom. The van der Waals surface area contributed by atoms with E-state index in [0.29, 0.717) is 0 Å². The lowest BCUT2D eigenvalue weighted by atomic mass is 9.93. The van der Waals surface area contributed by atoms with Crippen LogP contribution in [0.1, 0.15) is 35.3 Å². The zero-order valence-electron chi connectivity index (χ0n) is 9.20. The SMILES string of the molecule is Cc1cc(C)c(C(O)C(C)O)c(C)c1. The topological polar surface area (TPSA) is 40.5 Å². The summed E-state index contributed by atoms with van der Waals surface area (Å²) in [7, 11) is 0. The summed E-state index contributed by atoms with van der Waals surface area (Å²) in [6.07, 6.45) is -1.51. The van der Waals surface area contributed by atoms with Gasteiger partial charge in [0.05, 0.1) is 6.10 Å². The highest BCUT2D eigenvalue weighted by atomic mass is 16.3. The van der Waals surface area contributed by atoms with E-state index in [2.05, 4.69) is 0 Å². The third-order valence-corrected chi connectivity index (χ3v) is 2.49. The van der Waals surface area contributed by atoms with Crippen LogP contribution in [0.2, 0.25) is 0 Å². The molecule has 2 heteroatoms. The first kappa shape index (κ1) is 11.2. The summed E-state index contributed by atoms with van der Waals surface area (Å²) in [5, 5.41) is 19.1. The molecule has 2 nitrogen and oxygen atoms in total. The van der Waals surface area contributed by atoms with E-state index in [1.54, 1.807) is 6.92 Å². The molecule has 2 unspecified atom stereocenters. The van der Waals surface area contributed by atoms with Gasteiger partial charge in [-0.1, -0.05) is 17.7 Å². The number of hydrogen-bond donors (Lipinski definition) is 2. The molecule has 0 amide bonds. The summed E-state index contributed by atoms with van der Waals surface area (Å²) >= 11 is 0. The van der Waals surface area contributed by atoms with Gasteiger partial charge in [-0.3, -0.25) is 0 Å². The zero-order chi connectivity index (χ0) is 10.9. The molecule has 0 aliphatic heterocycles. The first-order chi connectivity index (χ1) is 6.43. The van der Waals surface area contributed by atoms with Gasteiger partial charge in [-0.25, -0.2) is 0 Å². The van der Waals surface area contributed by atoms with Crippen molar-refractivity contribution in [1.82, 2.24) is 0 Å². The molecule has 2 atom stereocenters. The lowest BCUT2D eigenvalue weighted by Gasteiger charge is -2.19. The number of aryl methyl sites for hydroxylation is 3. The monoisotopic (exact) mass is 194 g/mol. The van der Waals surface area contributed by atoms with Crippen molar-refractivity contribution in [3.05, 3.63) is 34.4 Å². The quantitative estimate of drug-likeness (QED) is 0.756. The summed E-state index contributed by atoms with van der Waals surface area (Å²) in [6.45, 7) is 7.55. The maximum absolute atomic E-state index is 9.80. The van der Waals surface area contributed by atoms with Crippen LogP contribution in [0.25, 0.3) is 0 Å². The lowest BCUT2D eigenvalue weighted by molar-refractivity contribution is 0.0297. The Balaban J connectivity index is 3.20. The number of aliphatic hydroxyl groups excluding tert-OH is 2. The van der Waals surface area contributed by atoms with Crippen LogP contribution < -0.4 is 0 Å². The molecule has 0 bridgehead atoms. The normalized spacial score (nSPS) is 15.3. The smallest absolute Gasteiger partial charge is 0.105 e. The van der Waals surface area contributed by atoms with E-state index in [9.17, 15) is 10.2 Å². The molecule has 0 spiro atoms. The van der Waals surface area contributed by atoms with Gasteiger partial charge < -0.3 is 10.2 Å². The largest absolute Gasteiger partial charge is 0.390 e. The van der Waals surface area contributed by atoms with Crippen LogP contribution in [0, 0.1) is 20.8 Å². The van der Waals surface area contributed by atoms with Crippen LogP contribution in [0.4, 0.5) is 0 Å². The van der Waals surface area contributed by atoms with E-state index in [4.69, 9.17) is 0 Å². The predicted octanol–water partition coefficient (Wildman–Crippen LogP) is 2.03. The van der Waals surface area contributed by atoms with Gasteiger partial charge in [0.15, 0.2) is 0 Å². The van der Waals surface area contributed by atoms with Crippen molar-refractivity contribution in [2.75, 3.05) is 0 Å². The van der Waals surface area contributed by atoms with Crippen LogP contribution in [-0.2, 0) is 0 Å². The molecule has 1 aromatic rings. The highest BCUT2D eigenvalue weighted by Crippen LogP contribution is 2.25. The van der Waals surface area contributed by atoms with Crippen molar-refractivity contribution in [2.45, 2.75) is 39.9 Å². The van der Waals surface area contributed by atoms with Crippen molar-refractivity contribution < 1.29 is 10.2 Å². The number of benzene rings is 1. The molecular weight excluding hydrogens is 176 g/mol. The summed E-state index contributed by atoms with van der Waals surface area (Å²) in [5.41, 5.74) is 4.11. The van der Waals surface area contributed by atoms with Gasteiger partial charge in [-0.05, 0) is 44.4 Å². The second-order valence-electron chi connectivity index (χ2n) is 4.00. The molecule has 78 valence electrons. The van der Waals surface area contributed by atoms with Crippen LogP contribution in [0.3, 0.4) is 0 Å². The van der Waals surface area contributed by atoms with Gasteiger partial charge in [0.25, 0.3) is 0 Å². The Labute approximate surface area is 85.2 Å². The molecular formula is C12H18O2. The molecule has 0 aliphatic rings. The fourth-order valence-electron chi connectivity index (χ4n) is 1.90. The van der Waals surface area contributed by atoms with Crippen LogP contribution in [-0.4, -0.2) is 16.3 Å². The minimum atomic E-state index is -0.782. The van der Waals surface area contributed by atoms with Crippen molar-refractivity contribution in [3.8, 4) is 0 Å². The molecule has 0 aromatic heterocycles. The van der Waals surface area contributed by atoms with Crippen LogP contribution >= 0.6 is 0 Å². The third-order valence-electron chi connectivity index (χ3n) is 2.49. The molecule has 0 fully saturated rings. The van der Waals surface area contributed by atoms with Crippen molar-refractivity contribution in [1.29, 1.82) is 0 Å². The molecule has 0 radical (unpaired) electrons. The van der Waals surface area contributed by atoms with E-state index in [0.717, 1.165) is 16.7 Å². The van der Waals surface area contributed by atoms with E-state index >= 15 is 0 Å². The second kappa shape index (κ2) is 4.11.